The van der Waals surface area contributed by atoms with E-state index in [1.54, 1.807) is 0 Å². The molecule has 3 heteroatoms. The second-order valence-electron chi connectivity index (χ2n) is 7.82. The van der Waals surface area contributed by atoms with Gasteiger partial charge in [-0.05, 0) is 55.9 Å². The van der Waals surface area contributed by atoms with Crippen LogP contribution in [0.2, 0.25) is 0 Å². The number of nitrogens with zero attached hydrogens (tertiary/aromatic N) is 2. The molecule has 136 valence electrons. The van der Waals surface area contributed by atoms with Crippen molar-refractivity contribution in [2.24, 2.45) is 0 Å². The summed E-state index contributed by atoms with van der Waals surface area (Å²) in [7, 11) is 0. The number of amides is 1. The average Bonchev–Trinajstić information content (AvgIpc) is 3.35. The molecule has 0 spiro atoms. The lowest BCUT2D eigenvalue weighted by Gasteiger charge is -2.23. The van der Waals surface area contributed by atoms with Crippen LogP contribution in [0, 0.1) is 6.92 Å². The van der Waals surface area contributed by atoms with Crippen molar-refractivity contribution < 1.29 is 4.79 Å². The fraction of sp³-hybridized carbons (Fsp3) is 0.435. The number of aryl methyl sites for hydroxylation is 1. The Labute approximate surface area is 156 Å². The predicted molar refractivity (Wildman–Crippen MR) is 105 cm³/mol. The summed E-state index contributed by atoms with van der Waals surface area (Å²) in [6.45, 7) is 5.93. The van der Waals surface area contributed by atoms with Crippen molar-refractivity contribution in [3.63, 3.8) is 0 Å². The van der Waals surface area contributed by atoms with Crippen LogP contribution in [0.4, 0.5) is 0 Å². The van der Waals surface area contributed by atoms with Crippen molar-refractivity contribution in [3.05, 3.63) is 70.8 Å². The van der Waals surface area contributed by atoms with E-state index in [-0.39, 0.29) is 5.91 Å². The molecule has 2 fully saturated rings. The molecule has 1 amide bonds. The second kappa shape index (κ2) is 7.63. The number of rotatable bonds is 6. The molecule has 3 nitrogen and oxygen atoms in total. The van der Waals surface area contributed by atoms with Crippen molar-refractivity contribution in [3.8, 4) is 0 Å². The van der Waals surface area contributed by atoms with Crippen LogP contribution in [-0.2, 0) is 13.1 Å². The van der Waals surface area contributed by atoms with Gasteiger partial charge in [-0.25, -0.2) is 0 Å². The number of likely N-dealkylation sites (tertiary alicyclic amines) is 1. The molecule has 2 aromatic carbocycles. The normalized spacial score (nSPS) is 17.1. The Morgan fingerprint density at radius 2 is 1.69 bits per heavy atom. The van der Waals surface area contributed by atoms with Crippen LogP contribution in [0.15, 0.2) is 48.5 Å². The van der Waals surface area contributed by atoms with E-state index in [0.717, 1.165) is 44.6 Å². The molecule has 1 saturated carbocycles. The maximum atomic E-state index is 12.5. The van der Waals surface area contributed by atoms with Crippen LogP contribution in [-0.4, -0.2) is 34.8 Å². The van der Waals surface area contributed by atoms with Crippen molar-refractivity contribution in [1.29, 1.82) is 0 Å². The first-order valence-electron chi connectivity index (χ1n) is 9.87. The van der Waals surface area contributed by atoms with Gasteiger partial charge in [0.2, 0.25) is 0 Å². The number of hydrogen-bond acceptors (Lipinski definition) is 2. The number of carbonyl (C=O) groups excluding carboxylic acids is 1. The van der Waals surface area contributed by atoms with Gasteiger partial charge in [0, 0.05) is 37.8 Å². The van der Waals surface area contributed by atoms with Crippen LogP contribution in [0.3, 0.4) is 0 Å². The summed E-state index contributed by atoms with van der Waals surface area (Å²) < 4.78 is 0. The van der Waals surface area contributed by atoms with E-state index in [4.69, 9.17) is 0 Å². The quantitative estimate of drug-likeness (QED) is 0.773. The van der Waals surface area contributed by atoms with Gasteiger partial charge in [0.15, 0.2) is 0 Å². The van der Waals surface area contributed by atoms with Gasteiger partial charge in [0.25, 0.3) is 5.91 Å². The van der Waals surface area contributed by atoms with E-state index in [9.17, 15) is 4.79 Å². The third-order valence-electron chi connectivity index (χ3n) is 5.51. The average molecular weight is 348 g/mol. The first-order valence-corrected chi connectivity index (χ1v) is 9.87. The van der Waals surface area contributed by atoms with E-state index in [1.165, 1.54) is 29.5 Å². The molecule has 0 atom stereocenters. The lowest BCUT2D eigenvalue weighted by molar-refractivity contribution is 0.0793. The molecule has 0 aromatic heterocycles. The van der Waals surface area contributed by atoms with E-state index in [2.05, 4.69) is 48.2 Å². The molecule has 4 rings (SSSR count). The summed E-state index contributed by atoms with van der Waals surface area (Å²) in [5, 5.41) is 0. The van der Waals surface area contributed by atoms with E-state index in [0.29, 0.717) is 6.04 Å². The molecular formula is C23H28N2O. The van der Waals surface area contributed by atoms with Crippen LogP contribution < -0.4 is 0 Å². The molecule has 1 aliphatic heterocycles. The molecule has 0 unspecified atom stereocenters. The minimum atomic E-state index is 0.188. The first kappa shape index (κ1) is 17.3. The minimum absolute atomic E-state index is 0.188. The molecular weight excluding hydrogens is 320 g/mol. The third kappa shape index (κ3) is 4.16. The van der Waals surface area contributed by atoms with E-state index >= 15 is 0 Å². The van der Waals surface area contributed by atoms with Crippen LogP contribution in [0.1, 0.15) is 52.7 Å². The summed E-state index contributed by atoms with van der Waals surface area (Å²) in [5.41, 5.74) is 4.83. The van der Waals surface area contributed by atoms with Crippen molar-refractivity contribution >= 4 is 5.91 Å². The Bertz CT molecular complexity index is 758. The highest BCUT2D eigenvalue weighted by Gasteiger charge is 2.29. The molecule has 2 aromatic rings. The van der Waals surface area contributed by atoms with Gasteiger partial charge in [-0.1, -0.05) is 42.0 Å². The standard InChI is InChI=1S/C23H28N2O/c1-18-5-4-6-20(15-18)17-25(22-11-12-22)16-19-7-9-21(10-8-19)23(26)24-13-2-3-14-24/h4-10,15,22H,2-3,11-14,16-17H2,1H3. The molecule has 0 radical (unpaired) electrons. The maximum absolute atomic E-state index is 12.5. The second-order valence-corrected chi connectivity index (χ2v) is 7.82. The molecule has 0 N–H and O–H groups in total. The lowest BCUT2D eigenvalue weighted by atomic mass is 10.1. The monoisotopic (exact) mass is 348 g/mol. The fourth-order valence-electron chi connectivity index (χ4n) is 3.89. The van der Waals surface area contributed by atoms with Gasteiger partial charge >= 0.3 is 0 Å². The smallest absolute Gasteiger partial charge is 0.253 e. The summed E-state index contributed by atoms with van der Waals surface area (Å²) in [4.78, 5) is 17.0. The fourth-order valence-corrected chi connectivity index (χ4v) is 3.89. The Hall–Kier alpha value is -2.13. The molecule has 0 bridgehead atoms. The van der Waals surface area contributed by atoms with E-state index in [1.807, 2.05) is 17.0 Å². The Kier molecular flexibility index (Phi) is 5.07. The van der Waals surface area contributed by atoms with Crippen molar-refractivity contribution in [2.45, 2.75) is 51.7 Å². The minimum Gasteiger partial charge on any atom is -0.339 e. The van der Waals surface area contributed by atoms with Gasteiger partial charge in [0.1, 0.15) is 0 Å². The zero-order valence-electron chi connectivity index (χ0n) is 15.7. The maximum Gasteiger partial charge on any atom is 0.253 e. The van der Waals surface area contributed by atoms with Gasteiger partial charge in [0.05, 0.1) is 0 Å². The lowest BCUT2D eigenvalue weighted by Crippen LogP contribution is -2.27. The van der Waals surface area contributed by atoms with Crippen LogP contribution >= 0.6 is 0 Å². The van der Waals surface area contributed by atoms with Crippen molar-refractivity contribution in [2.75, 3.05) is 13.1 Å². The van der Waals surface area contributed by atoms with Gasteiger partial charge in [-0.3, -0.25) is 9.69 Å². The molecule has 2 aliphatic rings. The molecule has 1 heterocycles. The highest BCUT2D eigenvalue weighted by atomic mass is 16.2. The van der Waals surface area contributed by atoms with Gasteiger partial charge < -0.3 is 4.90 Å². The molecule has 1 aliphatic carbocycles. The predicted octanol–water partition coefficient (Wildman–Crippen LogP) is 4.40. The topological polar surface area (TPSA) is 23.6 Å². The Balaban J connectivity index is 1.42. The number of benzene rings is 2. The highest BCUT2D eigenvalue weighted by molar-refractivity contribution is 5.94. The zero-order valence-corrected chi connectivity index (χ0v) is 15.7. The third-order valence-corrected chi connectivity index (χ3v) is 5.51. The number of hydrogen-bond donors (Lipinski definition) is 0. The van der Waals surface area contributed by atoms with Crippen LogP contribution in [0.25, 0.3) is 0 Å². The summed E-state index contributed by atoms with van der Waals surface area (Å²) in [6, 6.07) is 17.8. The molecule has 1 saturated heterocycles. The zero-order chi connectivity index (χ0) is 17.9. The Morgan fingerprint density at radius 1 is 1.00 bits per heavy atom. The SMILES string of the molecule is Cc1cccc(CN(Cc2ccc(C(=O)N3CCCC3)cc2)C2CC2)c1. The Morgan fingerprint density at radius 3 is 2.35 bits per heavy atom. The highest BCUT2D eigenvalue weighted by Crippen LogP contribution is 2.30. The summed E-state index contributed by atoms with van der Waals surface area (Å²) in [5.74, 6) is 0.188. The van der Waals surface area contributed by atoms with Gasteiger partial charge in [-0.15, -0.1) is 0 Å². The van der Waals surface area contributed by atoms with E-state index < -0.39 is 0 Å². The van der Waals surface area contributed by atoms with Gasteiger partial charge in [-0.2, -0.15) is 0 Å². The van der Waals surface area contributed by atoms with Crippen molar-refractivity contribution in [1.82, 2.24) is 9.80 Å². The summed E-state index contributed by atoms with van der Waals surface area (Å²) in [6.07, 6.45) is 4.88. The first-order chi connectivity index (χ1) is 12.7. The number of carbonyl (C=O) groups is 1. The molecule has 26 heavy (non-hydrogen) atoms. The van der Waals surface area contributed by atoms with Crippen LogP contribution in [0.5, 0.6) is 0 Å². The largest absolute Gasteiger partial charge is 0.339 e. The summed E-state index contributed by atoms with van der Waals surface area (Å²) >= 11 is 0.